The molecule has 0 spiro atoms. The maximum Gasteiger partial charge on any atom is 0.251 e. The topological polar surface area (TPSA) is 63.3 Å². The van der Waals surface area contributed by atoms with E-state index in [1.54, 1.807) is 0 Å². The third kappa shape index (κ3) is 4.58. The minimum absolute atomic E-state index is 0.0705. The Balaban J connectivity index is 1.15. The van der Waals surface area contributed by atoms with Crippen molar-refractivity contribution >= 4 is 16.8 Å². The summed E-state index contributed by atoms with van der Waals surface area (Å²) in [4.78, 5) is 15.8. The second-order valence-corrected chi connectivity index (χ2v) is 9.13. The van der Waals surface area contributed by atoms with Crippen LogP contribution in [-0.4, -0.2) is 23.0 Å². The van der Waals surface area contributed by atoms with Crippen LogP contribution in [0.3, 0.4) is 0 Å². The fraction of sp³-hybridized carbons (Fsp3) is 0.250. The number of aromatic amines is 1. The molecule has 4 aromatic rings. The van der Waals surface area contributed by atoms with Gasteiger partial charge in [0, 0.05) is 41.2 Å². The molecule has 1 aromatic heterocycles. The predicted octanol–water partition coefficient (Wildman–Crippen LogP) is 5.43. The summed E-state index contributed by atoms with van der Waals surface area (Å²) >= 11 is 0. The highest BCUT2D eigenvalue weighted by Crippen LogP contribution is 2.41. The number of fused-ring (bicyclic) bond motifs is 2. The number of amides is 1. The van der Waals surface area contributed by atoms with Gasteiger partial charge in [-0.2, -0.15) is 0 Å². The van der Waals surface area contributed by atoms with Crippen LogP contribution in [0, 0.1) is 0 Å². The molecule has 0 radical (unpaired) electrons. The van der Waals surface area contributed by atoms with Crippen molar-refractivity contribution in [3.05, 3.63) is 95.2 Å². The third-order valence-electron chi connectivity index (χ3n) is 6.02. The Kier molecular flexibility index (Phi) is 5.55. The van der Waals surface area contributed by atoms with E-state index in [9.17, 15) is 4.79 Å². The van der Waals surface area contributed by atoms with E-state index in [0.29, 0.717) is 18.7 Å². The molecule has 1 aliphatic heterocycles. The number of carbonyl (C=O) groups excluding carboxylic acids is 1. The average Bonchev–Trinajstić information content (AvgIpc) is 3.37. The summed E-state index contributed by atoms with van der Waals surface area (Å²) in [5.41, 5.74) is 4.94. The molecule has 33 heavy (non-hydrogen) atoms. The Hall–Kier alpha value is -3.73. The summed E-state index contributed by atoms with van der Waals surface area (Å²) < 4.78 is 12.1. The van der Waals surface area contributed by atoms with Gasteiger partial charge in [-0.05, 0) is 55.7 Å². The fourth-order valence-electron chi connectivity index (χ4n) is 4.37. The van der Waals surface area contributed by atoms with Crippen LogP contribution < -0.4 is 14.8 Å². The molecule has 0 bridgehead atoms. The van der Waals surface area contributed by atoms with Gasteiger partial charge in [0.2, 0.25) is 0 Å². The van der Waals surface area contributed by atoms with Crippen molar-refractivity contribution in [2.75, 3.05) is 6.54 Å². The SMILES string of the molecule is CC1(C)Cc2cccc(OCc3ccc(C(=O)NCCc4c[nH]c5ccccc45)cc3)c2O1. The van der Waals surface area contributed by atoms with Gasteiger partial charge in [-0.3, -0.25) is 4.79 Å². The van der Waals surface area contributed by atoms with Gasteiger partial charge >= 0.3 is 0 Å². The number of hydrogen-bond donors (Lipinski definition) is 2. The summed E-state index contributed by atoms with van der Waals surface area (Å²) in [6.07, 6.45) is 3.67. The normalized spacial score (nSPS) is 14.0. The number of nitrogens with one attached hydrogen (secondary N) is 2. The van der Waals surface area contributed by atoms with Crippen molar-refractivity contribution < 1.29 is 14.3 Å². The Morgan fingerprint density at radius 2 is 1.88 bits per heavy atom. The molecule has 2 heterocycles. The van der Waals surface area contributed by atoms with Crippen molar-refractivity contribution in [3.8, 4) is 11.5 Å². The molecule has 1 amide bonds. The number of benzene rings is 3. The first-order valence-corrected chi connectivity index (χ1v) is 11.3. The largest absolute Gasteiger partial charge is 0.485 e. The Labute approximate surface area is 193 Å². The minimum Gasteiger partial charge on any atom is -0.485 e. The van der Waals surface area contributed by atoms with Crippen LogP contribution in [0.2, 0.25) is 0 Å². The fourth-order valence-corrected chi connectivity index (χ4v) is 4.37. The number of H-pyrrole nitrogens is 1. The summed E-state index contributed by atoms with van der Waals surface area (Å²) in [5, 5.41) is 4.22. The van der Waals surface area contributed by atoms with E-state index in [4.69, 9.17) is 9.47 Å². The molecule has 1 aliphatic rings. The molecule has 0 saturated carbocycles. The number of aromatic nitrogens is 1. The zero-order chi connectivity index (χ0) is 22.8. The molecule has 2 N–H and O–H groups in total. The van der Waals surface area contributed by atoms with E-state index in [0.717, 1.165) is 35.4 Å². The lowest BCUT2D eigenvalue weighted by Gasteiger charge is -2.18. The maximum absolute atomic E-state index is 12.5. The summed E-state index contributed by atoms with van der Waals surface area (Å²) in [7, 11) is 0. The highest BCUT2D eigenvalue weighted by molar-refractivity contribution is 5.94. The van der Waals surface area contributed by atoms with Crippen LogP contribution in [0.1, 0.15) is 40.9 Å². The maximum atomic E-state index is 12.5. The monoisotopic (exact) mass is 440 g/mol. The molecule has 5 rings (SSSR count). The lowest BCUT2D eigenvalue weighted by Crippen LogP contribution is -2.25. The van der Waals surface area contributed by atoms with Crippen molar-refractivity contribution in [2.24, 2.45) is 0 Å². The van der Waals surface area contributed by atoms with E-state index in [1.807, 2.05) is 54.7 Å². The van der Waals surface area contributed by atoms with E-state index in [-0.39, 0.29) is 11.5 Å². The first-order valence-electron chi connectivity index (χ1n) is 11.3. The Bertz CT molecular complexity index is 1290. The molecule has 3 aromatic carbocycles. The van der Waals surface area contributed by atoms with Gasteiger partial charge in [0.1, 0.15) is 12.2 Å². The van der Waals surface area contributed by atoms with Gasteiger partial charge in [0.05, 0.1) is 0 Å². The second kappa shape index (κ2) is 8.66. The number of hydrogen-bond acceptors (Lipinski definition) is 3. The smallest absolute Gasteiger partial charge is 0.251 e. The van der Waals surface area contributed by atoms with Crippen LogP contribution in [0.25, 0.3) is 10.9 Å². The molecule has 168 valence electrons. The third-order valence-corrected chi connectivity index (χ3v) is 6.02. The van der Waals surface area contributed by atoms with E-state index >= 15 is 0 Å². The van der Waals surface area contributed by atoms with Crippen molar-refractivity contribution in [1.29, 1.82) is 0 Å². The first-order chi connectivity index (χ1) is 16.0. The highest BCUT2D eigenvalue weighted by atomic mass is 16.5. The van der Waals surface area contributed by atoms with Gasteiger partial charge in [-0.15, -0.1) is 0 Å². The zero-order valence-electron chi connectivity index (χ0n) is 19.0. The molecule has 5 heteroatoms. The van der Waals surface area contributed by atoms with Crippen LogP contribution in [0.15, 0.2) is 72.9 Å². The van der Waals surface area contributed by atoms with E-state index < -0.39 is 0 Å². The molecule has 5 nitrogen and oxygen atoms in total. The van der Waals surface area contributed by atoms with Crippen molar-refractivity contribution in [2.45, 2.75) is 38.9 Å². The van der Waals surface area contributed by atoms with Crippen molar-refractivity contribution in [3.63, 3.8) is 0 Å². The van der Waals surface area contributed by atoms with Gasteiger partial charge in [0.15, 0.2) is 11.5 Å². The summed E-state index contributed by atoms with van der Waals surface area (Å²) in [6, 6.07) is 21.8. The molecule has 0 aliphatic carbocycles. The molecule has 0 atom stereocenters. The predicted molar refractivity (Wildman–Crippen MR) is 130 cm³/mol. The van der Waals surface area contributed by atoms with Gasteiger partial charge in [-0.1, -0.05) is 42.5 Å². The van der Waals surface area contributed by atoms with Crippen LogP contribution in [-0.2, 0) is 19.4 Å². The zero-order valence-corrected chi connectivity index (χ0v) is 19.0. The van der Waals surface area contributed by atoms with Crippen molar-refractivity contribution in [1.82, 2.24) is 10.3 Å². The standard InChI is InChI=1S/C28H28N2O3/c1-28(2)16-21-6-5-9-25(26(21)33-28)32-18-19-10-12-20(13-11-19)27(31)29-15-14-22-17-30-24-8-4-3-7-23(22)24/h3-13,17,30H,14-16,18H2,1-2H3,(H,29,31). The van der Waals surface area contributed by atoms with E-state index in [2.05, 4.69) is 42.3 Å². The summed E-state index contributed by atoms with van der Waals surface area (Å²) in [6.45, 7) is 5.17. The van der Waals surface area contributed by atoms with Crippen LogP contribution in [0.4, 0.5) is 0 Å². The number of rotatable bonds is 7. The Morgan fingerprint density at radius 3 is 2.73 bits per heavy atom. The highest BCUT2D eigenvalue weighted by Gasteiger charge is 2.32. The van der Waals surface area contributed by atoms with Gasteiger partial charge in [-0.25, -0.2) is 0 Å². The van der Waals surface area contributed by atoms with Gasteiger partial charge < -0.3 is 19.8 Å². The minimum atomic E-state index is -0.203. The van der Waals surface area contributed by atoms with Crippen LogP contribution >= 0.6 is 0 Å². The van der Waals surface area contributed by atoms with Gasteiger partial charge in [0.25, 0.3) is 5.91 Å². The number of carbonyl (C=O) groups is 1. The molecular formula is C28H28N2O3. The lowest BCUT2D eigenvalue weighted by molar-refractivity contribution is 0.0954. The second-order valence-electron chi connectivity index (χ2n) is 9.13. The number of para-hydroxylation sites is 2. The van der Waals surface area contributed by atoms with E-state index in [1.165, 1.54) is 16.5 Å². The quantitative estimate of drug-likeness (QED) is 0.403. The molecular weight excluding hydrogens is 412 g/mol. The van der Waals surface area contributed by atoms with Crippen LogP contribution in [0.5, 0.6) is 11.5 Å². The molecule has 0 unspecified atom stereocenters. The Morgan fingerprint density at radius 1 is 1.06 bits per heavy atom. The molecule has 0 saturated heterocycles. The first kappa shape index (κ1) is 21.1. The molecule has 0 fully saturated rings. The lowest BCUT2D eigenvalue weighted by atomic mass is 10.0. The number of ether oxygens (including phenoxy) is 2. The average molecular weight is 441 g/mol. The summed E-state index contributed by atoms with van der Waals surface area (Å²) in [5.74, 6) is 1.53.